The molecule has 1 aliphatic heterocycles. The second-order valence-electron chi connectivity index (χ2n) is 3.05. The number of rotatable bonds is 3. The van der Waals surface area contributed by atoms with Crippen LogP contribution in [0.5, 0.6) is 0 Å². The van der Waals surface area contributed by atoms with E-state index < -0.39 is 5.79 Å². The SMILES string of the molecule is CCC(CN)C1(C)OCCO1. The Kier molecular flexibility index (Phi) is 2.87. The molecule has 3 heteroatoms. The fourth-order valence-corrected chi connectivity index (χ4v) is 1.52. The van der Waals surface area contributed by atoms with E-state index in [1.165, 1.54) is 0 Å². The first-order valence-electron chi connectivity index (χ1n) is 4.21. The lowest BCUT2D eigenvalue weighted by Gasteiger charge is -2.30. The van der Waals surface area contributed by atoms with Crippen LogP contribution in [-0.2, 0) is 9.47 Å². The van der Waals surface area contributed by atoms with Gasteiger partial charge in [-0.2, -0.15) is 0 Å². The quantitative estimate of drug-likeness (QED) is 0.660. The molecule has 1 rings (SSSR count). The van der Waals surface area contributed by atoms with Gasteiger partial charge in [-0.05, 0) is 13.3 Å². The minimum atomic E-state index is -0.413. The maximum atomic E-state index is 5.59. The molecule has 0 bridgehead atoms. The van der Waals surface area contributed by atoms with Crippen LogP contribution in [0.4, 0.5) is 0 Å². The minimum absolute atomic E-state index is 0.324. The van der Waals surface area contributed by atoms with Crippen molar-refractivity contribution in [2.45, 2.75) is 26.1 Å². The summed E-state index contributed by atoms with van der Waals surface area (Å²) < 4.78 is 11.0. The molecule has 3 nitrogen and oxygen atoms in total. The molecule has 11 heavy (non-hydrogen) atoms. The fraction of sp³-hybridized carbons (Fsp3) is 1.00. The lowest BCUT2D eigenvalue weighted by Crippen LogP contribution is -2.39. The van der Waals surface area contributed by atoms with Crippen molar-refractivity contribution < 1.29 is 9.47 Å². The van der Waals surface area contributed by atoms with Crippen molar-refractivity contribution in [3.05, 3.63) is 0 Å². The zero-order valence-electron chi connectivity index (χ0n) is 7.30. The predicted octanol–water partition coefficient (Wildman–Crippen LogP) is 0.734. The molecule has 66 valence electrons. The van der Waals surface area contributed by atoms with Crippen molar-refractivity contribution in [1.82, 2.24) is 0 Å². The van der Waals surface area contributed by atoms with Crippen LogP contribution in [-0.4, -0.2) is 25.5 Å². The van der Waals surface area contributed by atoms with Gasteiger partial charge in [-0.25, -0.2) is 0 Å². The van der Waals surface area contributed by atoms with Gasteiger partial charge in [0.25, 0.3) is 0 Å². The monoisotopic (exact) mass is 159 g/mol. The van der Waals surface area contributed by atoms with E-state index in [1.807, 2.05) is 6.92 Å². The lowest BCUT2D eigenvalue weighted by atomic mass is 9.97. The first-order chi connectivity index (χ1) is 5.23. The van der Waals surface area contributed by atoms with Crippen molar-refractivity contribution >= 4 is 0 Å². The zero-order valence-corrected chi connectivity index (χ0v) is 7.30. The van der Waals surface area contributed by atoms with Crippen molar-refractivity contribution in [3.63, 3.8) is 0 Å². The molecule has 1 atom stereocenters. The largest absolute Gasteiger partial charge is 0.347 e. The van der Waals surface area contributed by atoms with E-state index in [2.05, 4.69) is 6.92 Å². The normalized spacial score (nSPS) is 25.4. The van der Waals surface area contributed by atoms with Crippen LogP contribution in [0.15, 0.2) is 0 Å². The first kappa shape index (κ1) is 8.97. The average Bonchev–Trinajstić information content (AvgIpc) is 2.39. The summed E-state index contributed by atoms with van der Waals surface area (Å²) in [7, 11) is 0. The molecular weight excluding hydrogens is 142 g/mol. The van der Waals surface area contributed by atoms with Crippen LogP contribution in [0.1, 0.15) is 20.3 Å². The Morgan fingerprint density at radius 1 is 1.45 bits per heavy atom. The number of hydrogen-bond donors (Lipinski definition) is 1. The molecule has 0 aromatic heterocycles. The van der Waals surface area contributed by atoms with Gasteiger partial charge < -0.3 is 15.2 Å². The lowest BCUT2D eigenvalue weighted by molar-refractivity contribution is -0.179. The molecule has 0 amide bonds. The molecule has 1 heterocycles. The molecule has 1 saturated heterocycles. The van der Waals surface area contributed by atoms with E-state index in [1.54, 1.807) is 0 Å². The van der Waals surface area contributed by atoms with Crippen molar-refractivity contribution in [3.8, 4) is 0 Å². The summed E-state index contributed by atoms with van der Waals surface area (Å²) in [4.78, 5) is 0. The van der Waals surface area contributed by atoms with Gasteiger partial charge in [0.1, 0.15) is 0 Å². The van der Waals surface area contributed by atoms with Gasteiger partial charge in [-0.3, -0.25) is 0 Å². The maximum Gasteiger partial charge on any atom is 0.169 e. The number of ether oxygens (including phenoxy) is 2. The topological polar surface area (TPSA) is 44.5 Å². The third kappa shape index (κ3) is 1.72. The molecule has 1 fully saturated rings. The highest BCUT2D eigenvalue weighted by atomic mass is 16.7. The molecule has 0 spiro atoms. The number of nitrogens with two attached hydrogens (primary N) is 1. The average molecular weight is 159 g/mol. The minimum Gasteiger partial charge on any atom is -0.347 e. The molecule has 0 aromatic rings. The highest BCUT2D eigenvalue weighted by molar-refractivity contribution is 4.77. The smallest absolute Gasteiger partial charge is 0.169 e. The number of hydrogen-bond acceptors (Lipinski definition) is 3. The molecular formula is C8H17NO2. The Morgan fingerprint density at radius 2 is 2.00 bits per heavy atom. The van der Waals surface area contributed by atoms with Crippen LogP contribution in [0, 0.1) is 5.92 Å². The molecule has 1 unspecified atom stereocenters. The van der Waals surface area contributed by atoms with Crippen LogP contribution in [0.2, 0.25) is 0 Å². The van der Waals surface area contributed by atoms with Gasteiger partial charge >= 0.3 is 0 Å². The predicted molar refractivity (Wildman–Crippen MR) is 43.1 cm³/mol. The third-order valence-electron chi connectivity index (χ3n) is 2.38. The Labute approximate surface area is 67.9 Å². The first-order valence-corrected chi connectivity index (χ1v) is 4.21. The Hall–Kier alpha value is -0.120. The van der Waals surface area contributed by atoms with Crippen molar-refractivity contribution in [2.75, 3.05) is 19.8 Å². The summed E-state index contributed by atoms with van der Waals surface area (Å²) in [6.07, 6.45) is 1.01. The summed E-state index contributed by atoms with van der Waals surface area (Å²) in [6, 6.07) is 0. The van der Waals surface area contributed by atoms with Gasteiger partial charge in [0, 0.05) is 12.5 Å². The van der Waals surface area contributed by atoms with Gasteiger partial charge in [0.2, 0.25) is 0 Å². The summed E-state index contributed by atoms with van der Waals surface area (Å²) in [5.74, 6) is -0.0891. The van der Waals surface area contributed by atoms with E-state index in [4.69, 9.17) is 15.2 Å². The molecule has 0 saturated carbocycles. The summed E-state index contributed by atoms with van der Waals surface area (Å²) in [5.41, 5.74) is 5.59. The van der Waals surface area contributed by atoms with Gasteiger partial charge in [0.05, 0.1) is 13.2 Å². The second-order valence-corrected chi connectivity index (χ2v) is 3.05. The summed E-state index contributed by atoms with van der Waals surface area (Å²) >= 11 is 0. The highest BCUT2D eigenvalue weighted by Gasteiger charge is 2.37. The zero-order chi connectivity index (χ0) is 8.32. The van der Waals surface area contributed by atoms with E-state index in [-0.39, 0.29) is 0 Å². The van der Waals surface area contributed by atoms with E-state index in [9.17, 15) is 0 Å². The molecule has 0 radical (unpaired) electrons. The summed E-state index contributed by atoms with van der Waals surface area (Å²) in [5, 5.41) is 0. The third-order valence-corrected chi connectivity index (χ3v) is 2.38. The van der Waals surface area contributed by atoms with Crippen molar-refractivity contribution in [2.24, 2.45) is 11.7 Å². The van der Waals surface area contributed by atoms with E-state index >= 15 is 0 Å². The van der Waals surface area contributed by atoms with Crippen LogP contribution >= 0.6 is 0 Å². The van der Waals surface area contributed by atoms with E-state index in [0.29, 0.717) is 25.7 Å². The summed E-state index contributed by atoms with van der Waals surface area (Å²) in [6.45, 7) is 6.11. The standard InChI is InChI=1S/C8H17NO2/c1-3-7(6-9)8(2)10-4-5-11-8/h7H,3-6,9H2,1-2H3. The maximum absolute atomic E-state index is 5.59. The molecule has 0 aliphatic carbocycles. The molecule has 2 N–H and O–H groups in total. The second kappa shape index (κ2) is 3.52. The Balaban J connectivity index is 2.53. The van der Waals surface area contributed by atoms with E-state index in [0.717, 1.165) is 6.42 Å². The molecule has 0 aromatic carbocycles. The van der Waals surface area contributed by atoms with Crippen molar-refractivity contribution in [1.29, 1.82) is 0 Å². The molecule has 1 aliphatic rings. The van der Waals surface area contributed by atoms with Gasteiger partial charge in [-0.15, -0.1) is 0 Å². The Bertz CT molecular complexity index is 117. The van der Waals surface area contributed by atoms with Crippen LogP contribution in [0.25, 0.3) is 0 Å². The highest BCUT2D eigenvalue weighted by Crippen LogP contribution is 2.28. The fourth-order valence-electron chi connectivity index (χ4n) is 1.52. The van der Waals surface area contributed by atoms with Crippen LogP contribution < -0.4 is 5.73 Å². The Morgan fingerprint density at radius 3 is 2.36 bits per heavy atom. The van der Waals surface area contributed by atoms with Crippen LogP contribution in [0.3, 0.4) is 0 Å². The van der Waals surface area contributed by atoms with Gasteiger partial charge in [-0.1, -0.05) is 6.92 Å². The van der Waals surface area contributed by atoms with Gasteiger partial charge in [0.15, 0.2) is 5.79 Å².